The highest BCUT2D eigenvalue weighted by molar-refractivity contribution is 7.09. The van der Waals surface area contributed by atoms with Crippen molar-refractivity contribution < 1.29 is 0 Å². The minimum absolute atomic E-state index is 1.04. The zero-order valence-corrected chi connectivity index (χ0v) is 10.8. The van der Waals surface area contributed by atoms with Gasteiger partial charge in [-0.15, -0.1) is 11.3 Å². The quantitative estimate of drug-likeness (QED) is 0.767. The van der Waals surface area contributed by atoms with Crippen LogP contribution in [0.2, 0.25) is 0 Å². The van der Waals surface area contributed by atoms with Crippen molar-refractivity contribution in [2.75, 3.05) is 26.2 Å². The first kappa shape index (κ1) is 12.1. The third-order valence-corrected chi connectivity index (χ3v) is 4.03. The van der Waals surface area contributed by atoms with Crippen LogP contribution in [0.25, 0.3) is 0 Å². The number of hydrogen-bond donors (Lipinski definition) is 1. The van der Waals surface area contributed by atoms with E-state index in [9.17, 15) is 0 Å². The van der Waals surface area contributed by atoms with Crippen LogP contribution in [-0.2, 0) is 6.54 Å². The third kappa shape index (κ3) is 4.24. The smallest absolute Gasteiger partial charge is 0.0299 e. The Morgan fingerprint density at radius 1 is 1.25 bits per heavy atom. The maximum atomic E-state index is 3.51. The third-order valence-electron chi connectivity index (χ3n) is 3.16. The summed E-state index contributed by atoms with van der Waals surface area (Å²) in [6.45, 7) is 6.11. The van der Waals surface area contributed by atoms with Gasteiger partial charge in [-0.1, -0.05) is 12.5 Å². The summed E-state index contributed by atoms with van der Waals surface area (Å²) in [5.74, 6) is 0. The van der Waals surface area contributed by atoms with Gasteiger partial charge in [0.1, 0.15) is 0 Å². The molecule has 2 heterocycles. The predicted octanol–water partition coefficient (Wildman–Crippen LogP) is 2.71. The fourth-order valence-corrected chi connectivity index (χ4v) is 2.91. The maximum absolute atomic E-state index is 3.51. The SMILES string of the molecule is c1csc(CNCCCN2CCCCC2)c1. The van der Waals surface area contributed by atoms with Crippen LogP contribution in [-0.4, -0.2) is 31.1 Å². The average Bonchev–Trinajstić information content (AvgIpc) is 2.83. The topological polar surface area (TPSA) is 15.3 Å². The van der Waals surface area contributed by atoms with E-state index in [2.05, 4.69) is 27.7 Å². The van der Waals surface area contributed by atoms with Gasteiger partial charge in [0, 0.05) is 11.4 Å². The second-order valence-corrected chi connectivity index (χ2v) is 5.54. The van der Waals surface area contributed by atoms with Crippen molar-refractivity contribution in [2.24, 2.45) is 0 Å². The minimum Gasteiger partial charge on any atom is -0.312 e. The largest absolute Gasteiger partial charge is 0.312 e. The molecule has 1 aromatic heterocycles. The molecule has 16 heavy (non-hydrogen) atoms. The molecule has 0 radical (unpaired) electrons. The van der Waals surface area contributed by atoms with Gasteiger partial charge in [-0.3, -0.25) is 0 Å². The van der Waals surface area contributed by atoms with Crippen molar-refractivity contribution >= 4 is 11.3 Å². The summed E-state index contributed by atoms with van der Waals surface area (Å²) >= 11 is 1.84. The lowest BCUT2D eigenvalue weighted by atomic mass is 10.1. The van der Waals surface area contributed by atoms with Crippen molar-refractivity contribution in [1.29, 1.82) is 0 Å². The van der Waals surface area contributed by atoms with Crippen LogP contribution >= 0.6 is 11.3 Å². The van der Waals surface area contributed by atoms with E-state index in [4.69, 9.17) is 0 Å². The van der Waals surface area contributed by atoms with Gasteiger partial charge in [-0.2, -0.15) is 0 Å². The highest BCUT2D eigenvalue weighted by Crippen LogP contribution is 2.09. The molecule has 1 N–H and O–H groups in total. The monoisotopic (exact) mass is 238 g/mol. The summed E-state index contributed by atoms with van der Waals surface area (Å²) < 4.78 is 0. The summed E-state index contributed by atoms with van der Waals surface area (Å²) in [5.41, 5.74) is 0. The van der Waals surface area contributed by atoms with Crippen LogP contribution in [0.1, 0.15) is 30.6 Å². The predicted molar refractivity (Wildman–Crippen MR) is 70.9 cm³/mol. The molecule has 0 spiro atoms. The molecule has 2 rings (SSSR count). The van der Waals surface area contributed by atoms with E-state index in [-0.39, 0.29) is 0 Å². The van der Waals surface area contributed by atoms with Crippen LogP contribution in [0.5, 0.6) is 0 Å². The lowest BCUT2D eigenvalue weighted by molar-refractivity contribution is 0.226. The lowest BCUT2D eigenvalue weighted by Crippen LogP contribution is -2.32. The Morgan fingerprint density at radius 2 is 2.12 bits per heavy atom. The van der Waals surface area contributed by atoms with Crippen molar-refractivity contribution in [1.82, 2.24) is 10.2 Å². The summed E-state index contributed by atoms with van der Waals surface area (Å²) in [7, 11) is 0. The summed E-state index contributed by atoms with van der Waals surface area (Å²) in [6, 6.07) is 4.32. The molecular formula is C13H22N2S. The molecule has 0 atom stereocenters. The van der Waals surface area contributed by atoms with Gasteiger partial charge in [-0.25, -0.2) is 0 Å². The fraction of sp³-hybridized carbons (Fsp3) is 0.692. The van der Waals surface area contributed by atoms with E-state index in [1.807, 2.05) is 11.3 Å². The van der Waals surface area contributed by atoms with Crippen LogP contribution in [0.15, 0.2) is 17.5 Å². The molecule has 0 amide bonds. The highest BCUT2D eigenvalue weighted by Gasteiger charge is 2.08. The van der Waals surface area contributed by atoms with Crippen LogP contribution < -0.4 is 5.32 Å². The molecule has 1 saturated heterocycles. The Morgan fingerprint density at radius 3 is 2.88 bits per heavy atom. The Balaban J connectivity index is 1.48. The summed E-state index contributed by atoms with van der Waals surface area (Å²) in [6.07, 6.45) is 5.53. The number of likely N-dealkylation sites (tertiary alicyclic amines) is 1. The molecule has 0 aromatic carbocycles. The number of nitrogens with zero attached hydrogens (tertiary/aromatic N) is 1. The van der Waals surface area contributed by atoms with Crippen LogP contribution in [0, 0.1) is 0 Å². The molecule has 0 aliphatic carbocycles. The van der Waals surface area contributed by atoms with Gasteiger partial charge in [0.15, 0.2) is 0 Å². The van der Waals surface area contributed by atoms with E-state index in [0.717, 1.165) is 13.1 Å². The average molecular weight is 238 g/mol. The summed E-state index contributed by atoms with van der Waals surface area (Å²) in [5, 5.41) is 5.65. The van der Waals surface area contributed by atoms with Crippen molar-refractivity contribution in [2.45, 2.75) is 32.2 Å². The first-order valence-electron chi connectivity index (χ1n) is 6.40. The molecule has 0 unspecified atom stereocenters. The molecule has 3 heteroatoms. The van der Waals surface area contributed by atoms with E-state index < -0.39 is 0 Å². The van der Waals surface area contributed by atoms with E-state index in [0.29, 0.717) is 0 Å². The molecule has 0 saturated carbocycles. The number of rotatable bonds is 6. The molecule has 1 fully saturated rings. The zero-order chi connectivity index (χ0) is 11.1. The molecule has 1 aromatic rings. The Hall–Kier alpha value is -0.380. The van der Waals surface area contributed by atoms with Gasteiger partial charge >= 0.3 is 0 Å². The molecule has 1 aliphatic heterocycles. The number of hydrogen-bond acceptors (Lipinski definition) is 3. The van der Waals surface area contributed by atoms with E-state index in [1.54, 1.807) is 0 Å². The Labute approximate surface area is 103 Å². The Kier molecular flexibility index (Phi) is 5.32. The first-order valence-corrected chi connectivity index (χ1v) is 7.28. The van der Waals surface area contributed by atoms with Gasteiger partial charge in [0.2, 0.25) is 0 Å². The highest BCUT2D eigenvalue weighted by atomic mass is 32.1. The molecule has 1 aliphatic rings. The van der Waals surface area contributed by atoms with Gasteiger partial charge in [0.25, 0.3) is 0 Å². The molecular weight excluding hydrogens is 216 g/mol. The van der Waals surface area contributed by atoms with E-state index in [1.165, 1.54) is 50.2 Å². The molecule has 90 valence electrons. The van der Waals surface area contributed by atoms with E-state index >= 15 is 0 Å². The van der Waals surface area contributed by atoms with Gasteiger partial charge in [0.05, 0.1) is 0 Å². The van der Waals surface area contributed by atoms with Crippen LogP contribution in [0.4, 0.5) is 0 Å². The zero-order valence-electron chi connectivity index (χ0n) is 9.95. The number of nitrogens with one attached hydrogen (secondary N) is 1. The normalized spacial score (nSPS) is 17.8. The van der Waals surface area contributed by atoms with Crippen molar-refractivity contribution in [3.63, 3.8) is 0 Å². The van der Waals surface area contributed by atoms with Crippen molar-refractivity contribution in [3.05, 3.63) is 22.4 Å². The second-order valence-electron chi connectivity index (χ2n) is 4.51. The Bertz CT molecular complexity index is 265. The van der Waals surface area contributed by atoms with Gasteiger partial charge < -0.3 is 10.2 Å². The molecule has 0 bridgehead atoms. The minimum atomic E-state index is 1.04. The number of thiophene rings is 1. The van der Waals surface area contributed by atoms with Crippen molar-refractivity contribution in [3.8, 4) is 0 Å². The van der Waals surface area contributed by atoms with Gasteiger partial charge in [-0.05, 0) is 56.9 Å². The van der Waals surface area contributed by atoms with Crippen LogP contribution in [0.3, 0.4) is 0 Å². The second kappa shape index (κ2) is 7.05. The fourth-order valence-electron chi connectivity index (χ4n) is 2.24. The number of piperidine rings is 1. The maximum Gasteiger partial charge on any atom is 0.0299 e. The first-order chi connectivity index (χ1) is 7.95. The standard InChI is InChI=1S/C13H22N2S/c1-2-8-15(9-3-1)10-5-7-14-12-13-6-4-11-16-13/h4,6,11,14H,1-3,5,7-10,12H2. The lowest BCUT2D eigenvalue weighted by Gasteiger charge is -2.26. The summed E-state index contributed by atoms with van der Waals surface area (Å²) in [4.78, 5) is 4.05. The molecule has 2 nitrogen and oxygen atoms in total.